The highest BCUT2D eigenvalue weighted by molar-refractivity contribution is 7.92. The molecular formula is C19H14ClN3O5S. The molecule has 8 nitrogen and oxygen atoms in total. The Morgan fingerprint density at radius 2 is 1.55 bits per heavy atom. The number of hydrogen-bond acceptors (Lipinski definition) is 5. The van der Waals surface area contributed by atoms with Gasteiger partial charge in [0.05, 0.1) is 9.82 Å². The van der Waals surface area contributed by atoms with Crippen LogP contribution >= 0.6 is 11.6 Å². The predicted octanol–water partition coefficient (Wildman–Crippen LogP) is 4.30. The molecule has 29 heavy (non-hydrogen) atoms. The van der Waals surface area contributed by atoms with Crippen molar-refractivity contribution in [1.29, 1.82) is 0 Å². The number of nitro groups is 1. The Morgan fingerprint density at radius 1 is 0.931 bits per heavy atom. The molecule has 3 aromatic rings. The highest BCUT2D eigenvalue weighted by Gasteiger charge is 2.15. The summed E-state index contributed by atoms with van der Waals surface area (Å²) in [5.74, 6) is -0.552. The number of non-ortho nitro benzene ring substituents is 1. The quantitative estimate of drug-likeness (QED) is 0.445. The van der Waals surface area contributed by atoms with Gasteiger partial charge in [-0.25, -0.2) is 8.42 Å². The van der Waals surface area contributed by atoms with Gasteiger partial charge in [0, 0.05) is 34.1 Å². The van der Waals surface area contributed by atoms with Crippen LogP contribution in [0.1, 0.15) is 10.4 Å². The SMILES string of the molecule is O=C(Nc1ccc(S(=O)(=O)Nc2ccc(Cl)cc2)cc1)c1cccc([N+](=O)[O-])c1. The molecule has 0 spiro atoms. The number of hydrogen-bond donors (Lipinski definition) is 2. The van der Waals surface area contributed by atoms with E-state index >= 15 is 0 Å². The van der Waals surface area contributed by atoms with E-state index in [0.717, 1.165) is 6.07 Å². The van der Waals surface area contributed by atoms with Crippen LogP contribution in [0.3, 0.4) is 0 Å². The maximum Gasteiger partial charge on any atom is 0.270 e. The first-order valence-corrected chi connectivity index (χ1v) is 10.0. The highest BCUT2D eigenvalue weighted by atomic mass is 35.5. The second-order valence-electron chi connectivity index (χ2n) is 5.90. The first-order chi connectivity index (χ1) is 13.7. The first kappa shape index (κ1) is 20.3. The van der Waals surface area contributed by atoms with Crippen LogP contribution in [0.25, 0.3) is 0 Å². The molecular weight excluding hydrogens is 418 g/mol. The number of nitrogens with one attached hydrogen (secondary N) is 2. The maximum atomic E-state index is 12.4. The highest BCUT2D eigenvalue weighted by Crippen LogP contribution is 2.21. The number of nitrogens with zero attached hydrogens (tertiary/aromatic N) is 1. The van der Waals surface area contributed by atoms with Crippen LogP contribution < -0.4 is 10.0 Å². The lowest BCUT2D eigenvalue weighted by Gasteiger charge is -2.10. The second-order valence-corrected chi connectivity index (χ2v) is 8.02. The Hall–Kier alpha value is -3.43. The van der Waals surface area contributed by atoms with E-state index < -0.39 is 20.9 Å². The third-order valence-electron chi connectivity index (χ3n) is 3.84. The van der Waals surface area contributed by atoms with Gasteiger partial charge in [-0.15, -0.1) is 0 Å². The van der Waals surface area contributed by atoms with Crippen LogP contribution in [-0.4, -0.2) is 19.2 Å². The molecule has 148 valence electrons. The fourth-order valence-electron chi connectivity index (χ4n) is 2.41. The van der Waals surface area contributed by atoms with Crippen molar-refractivity contribution in [2.75, 3.05) is 10.0 Å². The van der Waals surface area contributed by atoms with Gasteiger partial charge in [-0.2, -0.15) is 0 Å². The summed E-state index contributed by atoms with van der Waals surface area (Å²) in [6.45, 7) is 0. The Labute approximate surface area is 171 Å². The van der Waals surface area contributed by atoms with Crippen molar-refractivity contribution in [1.82, 2.24) is 0 Å². The van der Waals surface area contributed by atoms with Crippen LogP contribution in [0.2, 0.25) is 5.02 Å². The summed E-state index contributed by atoms with van der Waals surface area (Å²) >= 11 is 5.78. The number of anilines is 2. The van der Waals surface area contributed by atoms with Gasteiger partial charge in [0.15, 0.2) is 0 Å². The van der Waals surface area contributed by atoms with Crippen LogP contribution in [-0.2, 0) is 10.0 Å². The van der Waals surface area contributed by atoms with Crippen LogP contribution in [0.5, 0.6) is 0 Å². The summed E-state index contributed by atoms with van der Waals surface area (Å²) in [4.78, 5) is 22.5. The molecule has 0 aliphatic carbocycles. The number of amides is 1. The van der Waals surface area contributed by atoms with E-state index in [1.165, 1.54) is 54.6 Å². The van der Waals surface area contributed by atoms with Gasteiger partial charge in [0.25, 0.3) is 21.6 Å². The summed E-state index contributed by atoms with van der Waals surface area (Å²) in [5, 5.41) is 13.9. The van der Waals surface area contributed by atoms with Crippen molar-refractivity contribution >= 4 is 44.6 Å². The number of sulfonamides is 1. The van der Waals surface area contributed by atoms with Crippen molar-refractivity contribution in [3.8, 4) is 0 Å². The topological polar surface area (TPSA) is 118 Å². The van der Waals surface area contributed by atoms with Gasteiger partial charge in [-0.1, -0.05) is 17.7 Å². The minimum absolute atomic E-state index is 0.000739. The molecule has 3 aromatic carbocycles. The zero-order chi connectivity index (χ0) is 21.0. The Kier molecular flexibility index (Phi) is 5.81. The van der Waals surface area contributed by atoms with Gasteiger partial charge in [0.2, 0.25) is 0 Å². The number of nitro benzene ring substituents is 1. The molecule has 0 saturated heterocycles. The number of halogens is 1. The molecule has 0 bridgehead atoms. The molecule has 0 unspecified atom stereocenters. The minimum Gasteiger partial charge on any atom is -0.322 e. The maximum absolute atomic E-state index is 12.4. The molecule has 0 atom stereocenters. The summed E-state index contributed by atoms with van der Waals surface area (Å²) in [6.07, 6.45) is 0. The average molecular weight is 432 g/mol. The van der Waals surface area contributed by atoms with Gasteiger partial charge in [0.1, 0.15) is 0 Å². The third kappa shape index (κ3) is 5.09. The van der Waals surface area contributed by atoms with E-state index in [4.69, 9.17) is 11.6 Å². The number of carbonyl (C=O) groups is 1. The summed E-state index contributed by atoms with van der Waals surface area (Å²) in [7, 11) is -3.82. The van der Waals surface area contributed by atoms with E-state index in [0.29, 0.717) is 16.4 Å². The smallest absolute Gasteiger partial charge is 0.270 e. The average Bonchev–Trinajstić information content (AvgIpc) is 2.70. The molecule has 0 fully saturated rings. The lowest BCUT2D eigenvalue weighted by molar-refractivity contribution is -0.384. The van der Waals surface area contributed by atoms with Crippen molar-refractivity contribution in [2.45, 2.75) is 4.90 Å². The van der Waals surface area contributed by atoms with Crippen LogP contribution in [0.4, 0.5) is 17.1 Å². The lowest BCUT2D eigenvalue weighted by atomic mass is 10.2. The number of carbonyl (C=O) groups excluding carboxylic acids is 1. The zero-order valence-corrected chi connectivity index (χ0v) is 16.3. The molecule has 0 aliphatic rings. The summed E-state index contributed by atoms with van der Waals surface area (Å²) in [6, 6.07) is 17.0. The second kappa shape index (κ2) is 8.29. The number of rotatable bonds is 6. The normalized spacial score (nSPS) is 10.9. The van der Waals surface area contributed by atoms with Crippen molar-refractivity contribution in [3.63, 3.8) is 0 Å². The molecule has 0 aliphatic heterocycles. The Bertz CT molecular complexity index is 1160. The molecule has 0 aromatic heterocycles. The third-order valence-corrected chi connectivity index (χ3v) is 5.49. The van der Waals surface area contributed by atoms with E-state index in [-0.39, 0.29) is 16.1 Å². The van der Waals surface area contributed by atoms with Gasteiger partial charge >= 0.3 is 0 Å². The van der Waals surface area contributed by atoms with Gasteiger partial charge in [-0.05, 0) is 54.6 Å². The first-order valence-electron chi connectivity index (χ1n) is 8.19. The number of benzene rings is 3. The van der Waals surface area contributed by atoms with E-state index in [1.807, 2.05) is 0 Å². The van der Waals surface area contributed by atoms with Gasteiger partial charge < -0.3 is 5.32 Å². The van der Waals surface area contributed by atoms with E-state index in [2.05, 4.69) is 10.0 Å². The molecule has 2 N–H and O–H groups in total. The predicted molar refractivity (Wildman–Crippen MR) is 110 cm³/mol. The van der Waals surface area contributed by atoms with Crippen molar-refractivity contribution in [3.05, 3.63) is 93.5 Å². The monoisotopic (exact) mass is 431 g/mol. The molecule has 3 rings (SSSR count). The van der Waals surface area contributed by atoms with Gasteiger partial charge in [-0.3, -0.25) is 19.6 Å². The molecule has 0 heterocycles. The summed E-state index contributed by atoms with van der Waals surface area (Å²) in [5.41, 5.74) is 0.608. The standard InChI is InChI=1S/C19H14ClN3O5S/c20-14-4-6-16(7-5-14)22-29(27,28)18-10-8-15(9-11-18)21-19(24)13-2-1-3-17(12-13)23(25)26/h1-12,22H,(H,21,24). The van der Waals surface area contributed by atoms with Crippen LogP contribution in [0.15, 0.2) is 77.7 Å². The molecule has 0 saturated carbocycles. The molecule has 0 radical (unpaired) electrons. The Morgan fingerprint density at radius 3 is 2.17 bits per heavy atom. The fraction of sp³-hybridized carbons (Fsp3) is 0. The zero-order valence-electron chi connectivity index (χ0n) is 14.7. The largest absolute Gasteiger partial charge is 0.322 e. The Balaban J connectivity index is 1.72. The fourth-order valence-corrected chi connectivity index (χ4v) is 3.60. The minimum atomic E-state index is -3.82. The van der Waals surface area contributed by atoms with Crippen molar-refractivity contribution < 1.29 is 18.1 Å². The summed E-state index contributed by atoms with van der Waals surface area (Å²) < 4.78 is 27.3. The lowest BCUT2D eigenvalue weighted by Crippen LogP contribution is -2.14. The molecule has 10 heteroatoms. The van der Waals surface area contributed by atoms with E-state index in [1.54, 1.807) is 12.1 Å². The van der Waals surface area contributed by atoms with Crippen LogP contribution in [0, 0.1) is 10.1 Å². The van der Waals surface area contributed by atoms with E-state index in [9.17, 15) is 23.3 Å². The van der Waals surface area contributed by atoms with Crippen molar-refractivity contribution in [2.24, 2.45) is 0 Å². The molecule has 1 amide bonds.